The summed E-state index contributed by atoms with van der Waals surface area (Å²) in [5.74, 6) is -1.35. The van der Waals surface area contributed by atoms with Crippen LogP contribution < -0.4 is 16.0 Å². The third-order valence-corrected chi connectivity index (χ3v) is 6.60. The molecule has 4 atom stereocenters. The van der Waals surface area contributed by atoms with Crippen molar-refractivity contribution >= 4 is 40.9 Å². The van der Waals surface area contributed by atoms with Crippen molar-refractivity contribution in [3.05, 3.63) is 96.7 Å². The molecule has 1 aliphatic rings. The summed E-state index contributed by atoms with van der Waals surface area (Å²) in [6.45, 7) is -0.464. The van der Waals surface area contributed by atoms with Crippen LogP contribution in [0.3, 0.4) is 0 Å². The number of aromatic nitrogens is 2. The van der Waals surface area contributed by atoms with E-state index in [1.54, 1.807) is 24.3 Å². The molecule has 4 rings (SSSR count). The number of benzene rings is 2. The van der Waals surface area contributed by atoms with E-state index in [1.165, 1.54) is 18.2 Å². The first kappa shape index (κ1) is 30.0. The van der Waals surface area contributed by atoms with Gasteiger partial charge in [0.25, 0.3) is 5.56 Å². The number of aliphatic hydroxyl groups excluding tert-OH is 2. The Kier molecular flexibility index (Phi) is 9.57. The Bertz CT molecular complexity index is 1570. The van der Waals surface area contributed by atoms with Gasteiger partial charge in [-0.3, -0.25) is 23.9 Å². The molecule has 0 amide bonds. The third-order valence-electron chi connectivity index (χ3n) is 6.05. The number of nitrogens with one attached hydrogen (secondary N) is 1. The molecule has 0 radical (unpaired) electrons. The molecule has 0 bridgehead atoms. The predicted octanol–water partition coefficient (Wildman–Crippen LogP) is 1.62. The van der Waals surface area contributed by atoms with Crippen LogP contribution >= 0.6 is 23.2 Å². The van der Waals surface area contributed by atoms with Crippen molar-refractivity contribution in [1.82, 2.24) is 9.55 Å². The van der Waals surface area contributed by atoms with Gasteiger partial charge in [0.15, 0.2) is 6.23 Å². The van der Waals surface area contributed by atoms with Crippen LogP contribution in [0, 0.1) is 0 Å². The van der Waals surface area contributed by atoms with Crippen LogP contribution in [0.5, 0.6) is 5.75 Å². The van der Waals surface area contributed by atoms with Crippen molar-refractivity contribution in [3.8, 4) is 5.75 Å². The van der Waals surface area contributed by atoms with Crippen LogP contribution in [0.15, 0.2) is 69.5 Å². The fourth-order valence-electron chi connectivity index (χ4n) is 3.99. The number of ether oxygens (including phenoxy) is 3. The van der Waals surface area contributed by atoms with Gasteiger partial charge in [-0.25, -0.2) is 4.79 Å². The van der Waals surface area contributed by atoms with E-state index in [4.69, 9.17) is 37.4 Å². The zero-order valence-corrected chi connectivity index (χ0v) is 22.5. The number of aliphatic hydroxyl groups is 2. The number of halogens is 2. The van der Waals surface area contributed by atoms with E-state index in [2.05, 4.69) is 5.16 Å². The van der Waals surface area contributed by atoms with Gasteiger partial charge in [0.2, 0.25) is 0 Å². The summed E-state index contributed by atoms with van der Waals surface area (Å²) in [5, 5.41) is 34.0. The molecular weight excluding hydrogens is 585 g/mol. The zero-order chi connectivity index (χ0) is 29.7. The number of nitrogens with zero attached hydrogens (tertiary/aromatic N) is 2. The summed E-state index contributed by atoms with van der Waals surface area (Å²) in [6.07, 6.45) is -5.08. The van der Waals surface area contributed by atoms with Crippen LogP contribution in [0.4, 0.5) is 0 Å². The lowest BCUT2D eigenvalue weighted by Gasteiger charge is -2.16. The van der Waals surface area contributed by atoms with E-state index in [0.29, 0.717) is 16.1 Å². The molecule has 2 heterocycles. The van der Waals surface area contributed by atoms with Crippen molar-refractivity contribution in [3.63, 3.8) is 0 Å². The number of esters is 2. The highest BCUT2D eigenvalue weighted by Gasteiger charge is 2.44. The molecule has 1 aliphatic heterocycles. The number of hydrogen-bond donors (Lipinski definition) is 4. The third kappa shape index (κ3) is 7.20. The van der Waals surface area contributed by atoms with Crippen LogP contribution in [-0.4, -0.2) is 67.5 Å². The second-order valence-corrected chi connectivity index (χ2v) is 9.66. The van der Waals surface area contributed by atoms with E-state index >= 15 is 0 Å². The maximum absolute atomic E-state index is 12.2. The van der Waals surface area contributed by atoms with Crippen LogP contribution in [0.1, 0.15) is 30.2 Å². The highest BCUT2D eigenvalue weighted by atomic mass is 35.5. The minimum atomic E-state index is -1.54. The average molecular weight is 608 g/mol. The smallest absolute Gasteiger partial charge is 0.330 e. The molecule has 1 unspecified atom stereocenters. The Morgan fingerprint density at radius 3 is 2.37 bits per heavy atom. The summed E-state index contributed by atoms with van der Waals surface area (Å²) < 4.78 is 16.6. The van der Waals surface area contributed by atoms with Gasteiger partial charge in [-0.2, -0.15) is 0 Å². The van der Waals surface area contributed by atoms with E-state index < -0.39 is 54.3 Å². The van der Waals surface area contributed by atoms with Gasteiger partial charge >= 0.3 is 17.6 Å². The molecular formula is C26H23Cl2N3O10. The highest BCUT2D eigenvalue weighted by molar-refractivity contribution is 6.37. The van der Waals surface area contributed by atoms with Crippen molar-refractivity contribution < 1.29 is 39.2 Å². The maximum Gasteiger partial charge on any atom is 0.330 e. The Balaban J connectivity index is 1.25. The van der Waals surface area contributed by atoms with Crippen molar-refractivity contribution in [1.29, 1.82) is 0 Å². The van der Waals surface area contributed by atoms with Crippen molar-refractivity contribution in [2.24, 2.45) is 5.16 Å². The largest absolute Gasteiger partial charge is 0.463 e. The van der Waals surface area contributed by atoms with E-state index in [9.17, 15) is 34.6 Å². The molecule has 15 heteroatoms. The molecule has 0 saturated carbocycles. The fourth-order valence-corrected chi connectivity index (χ4v) is 4.49. The second-order valence-electron chi connectivity index (χ2n) is 8.82. The monoisotopic (exact) mass is 607 g/mol. The summed E-state index contributed by atoms with van der Waals surface area (Å²) in [4.78, 5) is 49.6. The molecule has 216 valence electrons. The molecule has 41 heavy (non-hydrogen) atoms. The minimum Gasteiger partial charge on any atom is -0.463 e. The Morgan fingerprint density at radius 2 is 1.71 bits per heavy atom. The standard InChI is InChI=1S/C26H23Cl2N3O10/c27-14-3-6-16(17(28)11-14)22(30-38)13-1-4-15(5-2-13)40-21(34)8-7-20(33)39-12-18-23(35)24(36)25(41-18)31-10-9-19(32)29-26(31)37/h1-6,9-11,18,23-25,35-36,38H,7-8,12H2,(H,29,32,37)/b30-22-/t18-,23-,24-,25?/m1/s1. The van der Waals surface area contributed by atoms with Gasteiger partial charge in [-0.05, 0) is 42.5 Å². The minimum absolute atomic E-state index is 0.173. The number of aromatic amines is 1. The molecule has 3 aromatic rings. The first-order chi connectivity index (χ1) is 19.6. The van der Waals surface area contributed by atoms with Gasteiger partial charge in [0.1, 0.15) is 36.4 Å². The first-order valence-corrected chi connectivity index (χ1v) is 12.8. The first-order valence-electron chi connectivity index (χ1n) is 12.0. The van der Waals surface area contributed by atoms with Crippen LogP contribution in [0.25, 0.3) is 0 Å². The highest BCUT2D eigenvalue weighted by Crippen LogP contribution is 2.28. The lowest BCUT2D eigenvalue weighted by molar-refractivity contribution is -0.152. The summed E-state index contributed by atoms with van der Waals surface area (Å²) in [7, 11) is 0. The van der Waals surface area contributed by atoms with E-state index in [1.807, 2.05) is 4.98 Å². The number of hydrogen-bond acceptors (Lipinski definition) is 11. The molecule has 1 aromatic heterocycles. The van der Waals surface area contributed by atoms with Gasteiger partial charge < -0.3 is 29.6 Å². The van der Waals surface area contributed by atoms with Gasteiger partial charge in [0, 0.05) is 28.4 Å². The molecule has 4 N–H and O–H groups in total. The number of oxime groups is 1. The van der Waals surface area contributed by atoms with Crippen LogP contribution in [-0.2, 0) is 19.1 Å². The van der Waals surface area contributed by atoms with Crippen LogP contribution in [0.2, 0.25) is 10.0 Å². The molecule has 13 nitrogen and oxygen atoms in total. The second kappa shape index (κ2) is 13.1. The van der Waals surface area contributed by atoms with Crippen molar-refractivity contribution in [2.75, 3.05) is 6.61 Å². The summed E-state index contributed by atoms with van der Waals surface area (Å²) in [6, 6.07) is 11.8. The van der Waals surface area contributed by atoms with Gasteiger partial charge in [-0.1, -0.05) is 28.4 Å². The van der Waals surface area contributed by atoms with Crippen molar-refractivity contribution in [2.45, 2.75) is 37.4 Å². The lowest BCUT2D eigenvalue weighted by Crippen LogP contribution is -2.37. The Hall–Kier alpha value is -4.01. The van der Waals surface area contributed by atoms with Gasteiger partial charge in [-0.15, -0.1) is 0 Å². The fraction of sp³-hybridized carbons (Fsp3) is 0.269. The molecule has 1 saturated heterocycles. The van der Waals surface area contributed by atoms with E-state index in [-0.39, 0.29) is 29.3 Å². The topological polar surface area (TPSA) is 190 Å². The zero-order valence-electron chi connectivity index (χ0n) is 21.0. The number of rotatable bonds is 9. The number of carbonyl (C=O) groups excluding carboxylic acids is 2. The molecule has 0 spiro atoms. The summed E-state index contributed by atoms with van der Waals surface area (Å²) in [5.41, 5.74) is -0.410. The number of carbonyl (C=O) groups is 2. The Morgan fingerprint density at radius 1 is 1.00 bits per heavy atom. The maximum atomic E-state index is 12.2. The number of H-pyrrole nitrogens is 1. The van der Waals surface area contributed by atoms with E-state index in [0.717, 1.165) is 16.8 Å². The molecule has 0 aliphatic carbocycles. The molecule has 1 fully saturated rings. The average Bonchev–Trinajstić information content (AvgIpc) is 3.21. The SMILES string of the molecule is O=C(CCC(=O)Oc1ccc(/C(=N/O)c2ccc(Cl)cc2Cl)cc1)OC[C@H]1OC(n2ccc(=O)[nH]c2=O)[C@H](O)[C@@H]1O. The molecule has 2 aromatic carbocycles. The Labute approximate surface area is 241 Å². The van der Waals surface area contributed by atoms with Gasteiger partial charge in [0.05, 0.1) is 17.9 Å². The predicted molar refractivity (Wildman–Crippen MR) is 143 cm³/mol. The quantitative estimate of drug-likeness (QED) is 0.0913. The lowest BCUT2D eigenvalue weighted by atomic mass is 10.0. The summed E-state index contributed by atoms with van der Waals surface area (Å²) >= 11 is 12.1. The normalized spacial score (nSPS) is 20.5.